The summed E-state index contributed by atoms with van der Waals surface area (Å²) in [5.74, 6) is 1.04. The lowest BCUT2D eigenvalue weighted by atomic mass is 10.1. The predicted molar refractivity (Wildman–Crippen MR) is 93.8 cm³/mol. The molecule has 0 bridgehead atoms. The summed E-state index contributed by atoms with van der Waals surface area (Å²) < 4.78 is 10.6. The van der Waals surface area contributed by atoms with Gasteiger partial charge in [-0.3, -0.25) is 9.59 Å². The largest absolute Gasteiger partial charge is 0.496 e. The summed E-state index contributed by atoms with van der Waals surface area (Å²) in [6.45, 7) is 1.92. The van der Waals surface area contributed by atoms with Gasteiger partial charge in [0.25, 0.3) is 5.91 Å². The number of fused-ring (bicyclic) bond motifs is 1. The highest BCUT2D eigenvalue weighted by atomic mass is 16.5. The molecule has 2 aromatic carbocycles. The van der Waals surface area contributed by atoms with Crippen LogP contribution in [-0.2, 0) is 16.0 Å². The van der Waals surface area contributed by atoms with E-state index in [0.717, 1.165) is 11.1 Å². The van der Waals surface area contributed by atoms with Crippen molar-refractivity contribution in [3.63, 3.8) is 0 Å². The Morgan fingerprint density at radius 2 is 2.12 bits per heavy atom. The van der Waals surface area contributed by atoms with Gasteiger partial charge in [0.15, 0.2) is 6.61 Å². The number of benzene rings is 2. The van der Waals surface area contributed by atoms with Crippen LogP contribution < -0.4 is 20.1 Å². The molecule has 2 N–H and O–H groups in total. The quantitative estimate of drug-likeness (QED) is 0.876. The van der Waals surface area contributed by atoms with Gasteiger partial charge >= 0.3 is 0 Å². The van der Waals surface area contributed by atoms with E-state index < -0.39 is 0 Å². The highest BCUT2D eigenvalue weighted by Gasteiger charge is 2.18. The number of hydrogen-bond donors (Lipinski definition) is 2. The van der Waals surface area contributed by atoms with Crippen LogP contribution in [0.4, 0.5) is 5.69 Å². The normalized spacial score (nSPS) is 13.9. The van der Waals surface area contributed by atoms with Gasteiger partial charge in [-0.2, -0.15) is 0 Å². The van der Waals surface area contributed by atoms with Crippen molar-refractivity contribution in [3.05, 3.63) is 53.6 Å². The average molecular weight is 340 g/mol. The topological polar surface area (TPSA) is 76.7 Å². The van der Waals surface area contributed by atoms with Gasteiger partial charge in [0, 0.05) is 5.56 Å². The summed E-state index contributed by atoms with van der Waals surface area (Å²) >= 11 is 0. The first kappa shape index (κ1) is 16.8. The van der Waals surface area contributed by atoms with Gasteiger partial charge in [0.1, 0.15) is 11.5 Å². The zero-order valence-electron chi connectivity index (χ0n) is 14.2. The molecule has 0 spiro atoms. The maximum absolute atomic E-state index is 12.3. The van der Waals surface area contributed by atoms with Crippen molar-refractivity contribution in [2.45, 2.75) is 19.4 Å². The van der Waals surface area contributed by atoms with E-state index in [-0.39, 0.29) is 30.9 Å². The van der Waals surface area contributed by atoms with Crippen LogP contribution in [0, 0.1) is 0 Å². The van der Waals surface area contributed by atoms with E-state index in [9.17, 15) is 9.59 Å². The number of hydrogen-bond acceptors (Lipinski definition) is 4. The van der Waals surface area contributed by atoms with Crippen LogP contribution in [0.2, 0.25) is 0 Å². The van der Waals surface area contributed by atoms with Crippen LogP contribution in [-0.4, -0.2) is 25.5 Å². The Kier molecular flexibility index (Phi) is 4.88. The molecule has 0 unspecified atom stereocenters. The molecule has 2 aromatic rings. The second kappa shape index (κ2) is 7.25. The Morgan fingerprint density at radius 1 is 1.32 bits per heavy atom. The molecule has 2 amide bonds. The summed E-state index contributed by atoms with van der Waals surface area (Å²) in [5.41, 5.74) is 2.35. The van der Waals surface area contributed by atoms with Gasteiger partial charge in [-0.25, -0.2) is 0 Å². The lowest BCUT2D eigenvalue weighted by Gasteiger charge is -2.21. The smallest absolute Gasteiger partial charge is 0.262 e. The van der Waals surface area contributed by atoms with Crippen molar-refractivity contribution in [2.24, 2.45) is 0 Å². The van der Waals surface area contributed by atoms with E-state index >= 15 is 0 Å². The van der Waals surface area contributed by atoms with Crippen LogP contribution in [0.25, 0.3) is 0 Å². The van der Waals surface area contributed by atoms with Crippen molar-refractivity contribution >= 4 is 17.5 Å². The lowest BCUT2D eigenvalue weighted by Crippen LogP contribution is -2.29. The minimum absolute atomic E-state index is 0.0253. The fourth-order valence-corrected chi connectivity index (χ4v) is 2.77. The summed E-state index contributed by atoms with van der Waals surface area (Å²) in [5, 5.41) is 5.74. The summed E-state index contributed by atoms with van der Waals surface area (Å²) in [4.78, 5) is 23.8. The third-order valence-electron chi connectivity index (χ3n) is 4.06. The first-order valence-electron chi connectivity index (χ1n) is 8.04. The molecule has 130 valence electrons. The molecule has 3 rings (SSSR count). The van der Waals surface area contributed by atoms with Gasteiger partial charge in [-0.15, -0.1) is 0 Å². The minimum atomic E-state index is -0.202. The maximum atomic E-state index is 12.3. The zero-order valence-corrected chi connectivity index (χ0v) is 14.2. The van der Waals surface area contributed by atoms with E-state index in [1.54, 1.807) is 13.2 Å². The number of para-hydroxylation sites is 1. The van der Waals surface area contributed by atoms with Crippen LogP contribution in [0.3, 0.4) is 0 Å². The molecule has 0 aromatic heterocycles. The van der Waals surface area contributed by atoms with E-state index in [2.05, 4.69) is 10.6 Å². The number of carbonyl (C=O) groups is 2. The second-order valence-corrected chi connectivity index (χ2v) is 5.87. The Balaban J connectivity index is 1.67. The van der Waals surface area contributed by atoms with Crippen molar-refractivity contribution in [1.29, 1.82) is 0 Å². The molecule has 0 saturated carbocycles. The molecule has 0 fully saturated rings. The third-order valence-corrected chi connectivity index (χ3v) is 4.06. The minimum Gasteiger partial charge on any atom is -0.496 e. The molecule has 1 aliphatic heterocycles. The summed E-state index contributed by atoms with van der Waals surface area (Å²) in [7, 11) is 1.59. The standard InChI is InChI=1S/C19H20N2O4/c1-12(13-7-8-17-15(9-13)21-19(23)11-25-17)20-18(22)10-14-5-3-4-6-16(14)24-2/h3-9,12H,10-11H2,1-2H3,(H,20,22)(H,21,23)/t12-/m0/s1. The molecule has 25 heavy (non-hydrogen) atoms. The molecule has 1 atom stereocenters. The van der Waals surface area contributed by atoms with Crippen LogP contribution in [0.5, 0.6) is 11.5 Å². The molecule has 0 aliphatic carbocycles. The van der Waals surface area contributed by atoms with E-state index in [1.165, 1.54) is 0 Å². The van der Waals surface area contributed by atoms with Gasteiger partial charge < -0.3 is 20.1 Å². The Bertz CT molecular complexity index is 804. The highest BCUT2D eigenvalue weighted by molar-refractivity contribution is 5.95. The van der Waals surface area contributed by atoms with Crippen molar-refractivity contribution in [1.82, 2.24) is 5.32 Å². The number of rotatable bonds is 5. The summed E-state index contributed by atoms with van der Waals surface area (Å²) in [6.07, 6.45) is 0.235. The molecule has 1 aliphatic rings. The Labute approximate surface area is 146 Å². The molecular weight excluding hydrogens is 320 g/mol. The van der Waals surface area contributed by atoms with Gasteiger partial charge in [-0.1, -0.05) is 24.3 Å². The number of nitrogens with one attached hydrogen (secondary N) is 2. The van der Waals surface area contributed by atoms with E-state index in [0.29, 0.717) is 17.2 Å². The third kappa shape index (κ3) is 3.91. The number of anilines is 1. The number of methoxy groups -OCH3 is 1. The molecule has 6 nitrogen and oxygen atoms in total. The van der Waals surface area contributed by atoms with Crippen LogP contribution in [0.1, 0.15) is 24.1 Å². The average Bonchev–Trinajstić information content (AvgIpc) is 2.61. The maximum Gasteiger partial charge on any atom is 0.262 e. The highest BCUT2D eigenvalue weighted by Crippen LogP contribution is 2.30. The molecule has 0 saturated heterocycles. The number of carbonyl (C=O) groups excluding carboxylic acids is 2. The molecule has 0 radical (unpaired) electrons. The van der Waals surface area contributed by atoms with E-state index in [1.807, 2.05) is 43.3 Å². The zero-order chi connectivity index (χ0) is 17.8. The molecule has 1 heterocycles. The van der Waals surface area contributed by atoms with Crippen molar-refractivity contribution in [3.8, 4) is 11.5 Å². The molecule has 6 heteroatoms. The predicted octanol–water partition coefficient (Wildman–Crippen LogP) is 2.45. The van der Waals surface area contributed by atoms with E-state index in [4.69, 9.17) is 9.47 Å². The fraction of sp³-hybridized carbons (Fsp3) is 0.263. The lowest BCUT2D eigenvalue weighted by molar-refractivity contribution is -0.121. The monoisotopic (exact) mass is 340 g/mol. The SMILES string of the molecule is COc1ccccc1CC(=O)N[C@@H](C)c1ccc2c(c1)NC(=O)CO2. The summed E-state index contributed by atoms with van der Waals surface area (Å²) in [6, 6.07) is 12.7. The van der Waals surface area contributed by atoms with Crippen molar-refractivity contribution < 1.29 is 19.1 Å². The number of ether oxygens (including phenoxy) is 2. The molecular formula is C19H20N2O4. The van der Waals surface area contributed by atoms with Gasteiger partial charge in [-0.05, 0) is 30.7 Å². The van der Waals surface area contributed by atoms with Crippen LogP contribution in [0.15, 0.2) is 42.5 Å². The number of amides is 2. The van der Waals surface area contributed by atoms with Gasteiger partial charge in [0.05, 0.1) is 25.3 Å². The first-order valence-corrected chi connectivity index (χ1v) is 8.04. The Morgan fingerprint density at radius 3 is 2.92 bits per heavy atom. The van der Waals surface area contributed by atoms with Crippen LogP contribution >= 0.6 is 0 Å². The fourth-order valence-electron chi connectivity index (χ4n) is 2.77. The first-order chi connectivity index (χ1) is 12.1. The second-order valence-electron chi connectivity index (χ2n) is 5.87. The van der Waals surface area contributed by atoms with Crippen molar-refractivity contribution in [2.75, 3.05) is 19.0 Å². The van der Waals surface area contributed by atoms with Gasteiger partial charge in [0.2, 0.25) is 5.91 Å². The Hall–Kier alpha value is -3.02.